The molecule has 0 radical (unpaired) electrons. The number of methoxy groups -OCH3 is 1. The third kappa shape index (κ3) is 6.42. The summed E-state index contributed by atoms with van der Waals surface area (Å²) >= 11 is 0. The molecule has 19 heavy (non-hydrogen) atoms. The summed E-state index contributed by atoms with van der Waals surface area (Å²) in [6, 6.07) is 0. The lowest BCUT2D eigenvalue weighted by molar-refractivity contribution is -0.140. The van der Waals surface area contributed by atoms with E-state index < -0.39 is 0 Å². The third-order valence-corrected chi connectivity index (χ3v) is 4.47. The average molecular weight is 269 g/mol. The van der Waals surface area contributed by atoms with Crippen molar-refractivity contribution in [2.45, 2.75) is 59.3 Å². The molecule has 0 unspecified atom stereocenters. The van der Waals surface area contributed by atoms with Crippen LogP contribution in [0.5, 0.6) is 0 Å². The molecule has 112 valence electrons. The summed E-state index contributed by atoms with van der Waals surface area (Å²) in [5.74, 6) is 1.62. The van der Waals surface area contributed by atoms with Crippen molar-refractivity contribution >= 4 is 5.97 Å². The van der Waals surface area contributed by atoms with E-state index in [1.165, 1.54) is 32.8 Å². The van der Waals surface area contributed by atoms with E-state index in [0.717, 1.165) is 31.3 Å². The first kappa shape index (κ1) is 16.5. The Morgan fingerprint density at radius 2 is 1.84 bits per heavy atom. The van der Waals surface area contributed by atoms with Crippen molar-refractivity contribution in [3.8, 4) is 0 Å². The lowest BCUT2D eigenvalue weighted by Gasteiger charge is -2.37. The summed E-state index contributed by atoms with van der Waals surface area (Å²) in [5.41, 5.74) is 0.471. The lowest BCUT2D eigenvalue weighted by Crippen LogP contribution is -2.31. The van der Waals surface area contributed by atoms with E-state index >= 15 is 0 Å². The highest BCUT2D eigenvalue weighted by Crippen LogP contribution is 2.39. The van der Waals surface area contributed by atoms with Crippen LogP contribution in [0.3, 0.4) is 0 Å². The van der Waals surface area contributed by atoms with Crippen LogP contribution in [0.25, 0.3) is 0 Å². The van der Waals surface area contributed by atoms with E-state index in [0.29, 0.717) is 11.8 Å². The highest BCUT2D eigenvalue weighted by atomic mass is 16.5. The first-order valence-corrected chi connectivity index (χ1v) is 7.71. The molecule has 1 saturated carbocycles. The van der Waals surface area contributed by atoms with Crippen molar-refractivity contribution in [3.63, 3.8) is 0 Å². The molecular formula is C16H31NO2. The van der Waals surface area contributed by atoms with Crippen molar-refractivity contribution < 1.29 is 9.53 Å². The van der Waals surface area contributed by atoms with Gasteiger partial charge in [0.25, 0.3) is 0 Å². The van der Waals surface area contributed by atoms with Gasteiger partial charge in [-0.05, 0) is 62.4 Å². The van der Waals surface area contributed by atoms with Gasteiger partial charge in [0.1, 0.15) is 0 Å². The van der Waals surface area contributed by atoms with Crippen molar-refractivity contribution in [1.29, 1.82) is 0 Å². The van der Waals surface area contributed by atoms with Gasteiger partial charge in [0.05, 0.1) is 7.11 Å². The van der Waals surface area contributed by atoms with Crippen molar-refractivity contribution in [1.82, 2.24) is 5.32 Å². The summed E-state index contributed by atoms with van der Waals surface area (Å²) in [6.45, 7) is 9.13. The molecule has 0 aliphatic heterocycles. The van der Waals surface area contributed by atoms with Crippen LogP contribution < -0.4 is 5.32 Å². The molecule has 0 spiro atoms. The average Bonchev–Trinajstić information content (AvgIpc) is 2.37. The minimum absolute atomic E-state index is 0.104. The largest absolute Gasteiger partial charge is 0.469 e. The zero-order valence-electron chi connectivity index (χ0n) is 13.1. The Bertz CT molecular complexity index is 262. The molecule has 1 N–H and O–H groups in total. The predicted molar refractivity (Wildman–Crippen MR) is 79.0 cm³/mol. The molecule has 0 aromatic carbocycles. The molecule has 3 heteroatoms. The van der Waals surface area contributed by atoms with Gasteiger partial charge in [-0.25, -0.2) is 0 Å². The Hall–Kier alpha value is -0.570. The van der Waals surface area contributed by atoms with E-state index in [2.05, 4.69) is 30.8 Å². The fourth-order valence-corrected chi connectivity index (χ4v) is 3.00. The van der Waals surface area contributed by atoms with Gasteiger partial charge in [0.2, 0.25) is 0 Å². The monoisotopic (exact) mass is 269 g/mol. The second kappa shape index (κ2) is 7.88. The Labute approximate surface area is 118 Å². The summed E-state index contributed by atoms with van der Waals surface area (Å²) in [7, 11) is 1.45. The van der Waals surface area contributed by atoms with E-state index in [1.54, 1.807) is 0 Å². The first-order chi connectivity index (χ1) is 8.93. The Morgan fingerprint density at radius 1 is 1.21 bits per heavy atom. The van der Waals surface area contributed by atoms with Crippen LogP contribution in [0.2, 0.25) is 0 Å². The normalized spacial score (nSPS) is 24.2. The topological polar surface area (TPSA) is 38.3 Å². The second-order valence-electron chi connectivity index (χ2n) is 6.97. The molecule has 3 nitrogen and oxygen atoms in total. The van der Waals surface area contributed by atoms with E-state index in [4.69, 9.17) is 0 Å². The number of esters is 1. The number of hydrogen-bond donors (Lipinski definition) is 1. The standard InChI is InChI=1S/C16H31NO2/c1-16(2,3)14-9-7-13(8-10-14)12-17-11-5-6-15(18)19-4/h13-14,17H,5-12H2,1-4H3. The van der Waals surface area contributed by atoms with E-state index in [9.17, 15) is 4.79 Å². The van der Waals surface area contributed by atoms with Gasteiger partial charge < -0.3 is 10.1 Å². The molecule has 1 aliphatic carbocycles. The van der Waals surface area contributed by atoms with Gasteiger partial charge in [-0.15, -0.1) is 0 Å². The number of rotatable bonds is 6. The maximum Gasteiger partial charge on any atom is 0.305 e. The molecule has 0 aromatic rings. The molecule has 0 amide bonds. The van der Waals surface area contributed by atoms with Gasteiger partial charge in [0, 0.05) is 6.42 Å². The molecule has 1 aliphatic rings. The SMILES string of the molecule is COC(=O)CCCNCC1CCC(C(C)(C)C)CC1. The highest BCUT2D eigenvalue weighted by molar-refractivity contribution is 5.69. The number of hydrogen-bond acceptors (Lipinski definition) is 3. The van der Waals surface area contributed by atoms with Gasteiger partial charge in [0.15, 0.2) is 0 Å². The number of carbonyl (C=O) groups excluding carboxylic acids is 1. The van der Waals surface area contributed by atoms with Crippen LogP contribution in [-0.2, 0) is 9.53 Å². The van der Waals surface area contributed by atoms with Crippen molar-refractivity contribution in [2.75, 3.05) is 20.2 Å². The quantitative estimate of drug-likeness (QED) is 0.593. The summed E-state index contributed by atoms with van der Waals surface area (Å²) in [6.07, 6.45) is 6.86. The van der Waals surface area contributed by atoms with Gasteiger partial charge in [-0.1, -0.05) is 20.8 Å². The third-order valence-electron chi connectivity index (χ3n) is 4.47. The minimum atomic E-state index is -0.104. The fourth-order valence-electron chi connectivity index (χ4n) is 3.00. The van der Waals surface area contributed by atoms with Gasteiger partial charge in [-0.3, -0.25) is 4.79 Å². The molecule has 1 fully saturated rings. The summed E-state index contributed by atoms with van der Waals surface area (Å²) in [5, 5.41) is 3.48. The fraction of sp³-hybridized carbons (Fsp3) is 0.938. The smallest absolute Gasteiger partial charge is 0.305 e. The predicted octanol–water partition coefficient (Wildman–Crippen LogP) is 3.38. The zero-order valence-corrected chi connectivity index (χ0v) is 13.1. The van der Waals surface area contributed by atoms with Crippen molar-refractivity contribution in [2.24, 2.45) is 17.3 Å². The van der Waals surface area contributed by atoms with Gasteiger partial charge in [-0.2, -0.15) is 0 Å². The Morgan fingerprint density at radius 3 is 2.37 bits per heavy atom. The number of ether oxygens (including phenoxy) is 1. The lowest BCUT2D eigenvalue weighted by atomic mass is 9.70. The van der Waals surface area contributed by atoms with Crippen LogP contribution >= 0.6 is 0 Å². The van der Waals surface area contributed by atoms with Gasteiger partial charge >= 0.3 is 5.97 Å². The maximum atomic E-state index is 11.0. The number of carbonyl (C=O) groups is 1. The van der Waals surface area contributed by atoms with Crippen molar-refractivity contribution in [3.05, 3.63) is 0 Å². The zero-order chi connectivity index (χ0) is 14.3. The summed E-state index contributed by atoms with van der Waals surface area (Å²) < 4.78 is 4.62. The van der Waals surface area contributed by atoms with E-state index in [1.807, 2.05) is 0 Å². The Balaban J connectivity index is 2.05. The highest BCUT2D eigenvalue weighted by Gasteiger charge is 2.29. The second-order valence-corrected chi connectivity index (χ2v) is 6.97. The first-order valence-electron chi connectivity index (χ1n) is 7.71. The Kier molecular flexibility index (Phi) is 6.84. The molecular weight excluding hydrogens is 238 g/mol. The molecule has 0 bridgehead atoms. The molecule has 0 heterocycles. The number of nitrogens with one attached hydrogen (secondary N) is 1. The van der Waals surface area contributed by atoms with E-state index in [-0.39, 0.29) is 5.97 Å². The summed E-state index contributed by atoms with van der Waals surface area (Å²) in [4.78, 5) is 11.0. The minimum Gasteiger partial charge on any atom is -0.469 e. The van der Waals surface area contributed by atoms with Crippen LogP contribution in [0, 0.1) is 17.3 Å². The van der Waals surface area contributed by atoms with Crippen LogP contribution in [0.4, 0.5) is 0 Å². The molecule has 0 saturated heterocycles. The molecule has 1 rings (SSSR count). The van der Waals surface area contributed by atoms with Crippen LogP contribution in [0.15, 0.2) is 0 Å². The van der Waals surface area contributed by atoms with Crippen LogP contribution in [-0.4, -0.2) is 26.2 Å². The molecule has 0 aromatic heterocycles. The maximum absolute atomic E-state index is 11.0. The molecule has 0 atom stereocenters. The van der Waals surface area contributed by atoms with Crippen LogP contribution in [0.1, 0.15) is 59.3 Å².